The quantitative estimate of drug-likeness (QED) is 0.466. The number of aryl methyl sites for hydroxylation is 1. The molecule has 0 aliphatic heterocycles. The SMILES string of the molecule is CCc1ccc(C(Cl)Cc2ccc([N+](=O)[O-])cc2)o1. The lowest BCUT2D eigenvalue weighted by Gasteiger charge is -2.06. The molecular weight excluding hydrogens is 266 g/mol. The van der Waals surface area contributed by atoms with Gasteiger partial charge in [0.05, 0.1) is 10.3 Å². The lowest BCUT2D eigenvalue weighted by molar-refractivity contribution is -0.384. The maximum atomic E-state index is 10.6. The molecule has 1 aromatic carbocycles. The van der Waals surface area contributed by atoms with Crippen molar-refractivity contribution in [3.05, 3.63) is 63.6 Å². The fraction of sp³-hybridized carbons (Fsp3) is 0.286. The van der Waals surface area contributed by atoms with E-state index in [4.69, 9.17) is 16.0 Å². The zero-order valence-corrected chi connectivity index (χ0v) is 11.3. The van der Waals surface area contributed by atoms with E-state index in [0.717, 1.165) is 23.5 Å². The molecule has 100 valence electrons. The average Bonchev–Trinajstić information content (AvgIpc) is 2.88. The summed E-state index contributed by atoms with van der Waals surface area (Å²) in [5.74, 6) is 1.64. The number of furan rings is 1. The second-order valence-electron chi connectivity index (χ2n) is 4.25. The Kier molecular flexibility index (Phi) is 4.22. The van der Waals surface area contributed by atoms with E-state index in [2.05, 4.69) is 0 Å². The van der Waals surface area contributed by atoms with Gasteiger partial charge in [-0.15, -0.1) is 11.6 Å². The maximum absolute atomic E-state index is 10.6. The van der Waals surface area contributed by atoms with E-state index in [9.17, 15) is 10.1 Å². The predicted molar refractivity (Wildman–Crippen MR) is 73.5 cm³/mol. The van der Waals surface area contributed by atoms with Gasteiger partial charge in [0, 0.05) is 18.6 Å². The Labute approximate surface area is 116 Å². The monoisotopic (exact) mass is 279 g/mol. The van der Waals surface area contributed by atoms with Crippen LogP contribution in [-0.2, 0) is 12.8 Å². The molecule has 5 heteroatoms. The smallest absolute Gasteiger partial charge is 0.269 e. The number of nitrogens with zero attached hydrogens (tertiary/aromatic N) is 1. The van der Waals surface area contributed by atoms with Crippen molar-refractivity contribution in [3.63, 3.8) is 0 Å². The highest BCUT2D eigenvalue weighted by atomic mass is 35.5. The third-order valence-electron chi connectivity index (χ3n) is 2.90. The molecule has 2 aromatic rings. The predicted octanol–water partition coefficient (Wildman–Crippen LogP) is 4.27. The molecule has 1 heterocycles. The number of rotatable bonds is 5. The summed E-state index contributed by atoms with van der Waals surface area (Å²) in [7, 11) is 0. The van der Waals surface area contributed by atoms with E-state index in [1.807, 2.05) is 19.1 Å². The summed E-state index contributed by atoms with van der Waals surface area (Å²) in [6, 6.07) is 10.2. The molecule has 1 aromatic heterocycles. The van der Waals surface area contributed by atoms with Crippen LogP contribution in [-0.4, -0.2) is 4.92 Å². The number of nitro groups is 1. The molecule has 0 aliphatic carbocycles. The van der Waals surface area contributed by atoms with Crippen molar-refractivity contribution in [2.24, 2.45) is 0 Å². The topological polar surface area (TPSA) is 56.3 Å². The first-order valence-corrected chi connectivity index (χ1v) is 6.49. The van der Waals surface area contributed by atoms with Crippen LogP contribution in [0, 0.1) is 10.1 Å². The standard InChI is InChI=1S/C14H14ClNO3/c1-2-12-7-8-14(19-12)13(15)9-10-3-5-11(6-4-10)16(17)18/h3-8,13H,2,9H2,1H3. The van der Waals surface area contributed by atoms with Crippen molar-refractivity contribution >= 4 is 17.3 Å². The molecule has 1 atom stereocenters. The van der Waals surface area contributed by atoms with Crippen molar-refractivity contribution in [1.29, 1.82) is 0 Å². The van der Waals surface area contributed by atoms with E-state index in [0.29, 0.717) is 6.42 Å². The summed E-state index contributed by atoms with van der Waals surface area (Å²) in [4.78, 5) is 10.1. The van der Waals surface area contributed by atoms with E-state index in [-0.39, 0.29) is 11.1 Å². The molecule has 0 saturated carbocycles. The van der Waals surface area contributed by atoms with Crippen LogP contribution in [0.4, 0.5) is 5.69 Å². The van der Waals surface area contributed by atoms with Crippen LogP contribution >= 0.6 is 11.6 Å². The van der Waals surface area contributed by atoms with Gasteiger partial charge in [0.25, 0.3) is 5.69 Å². The summed E-state index contributed by atoms with van der Waals surface area (Å²) < 4.78 is 5.59. The van der Waals surface area contributed by atoms with Crippen molar-refractivity contribution < 1.29 is 9.34 Å². The van der Waals surface area contributed by atoms with E-state index >= 15 is 0 Å². The van der Waals surface area contributed by atoms with Gasteiger partial charge in [-0.05, 0) is 24.1 Å². The highest BCUT2D eigenvalue weighted by Crippen LogP contribution is 2.27. The van der Waals surface area contributed by atoms with Crippen molar-refractivity contribution in [2.75, 3.05) is 0 Å². The van der Waals surface area contributed by atoms with Crippen molar-refractivity contribution in [2.45, 2.75) is 25.1 Å². The number of hydrogen-bond donors (Lipinski definition) is 0. The Hall–Kier alpha value is -1.81. The second-order valence-corrected chi connectivity index (χ2v) is 4.78. The van der Waals surface area contributed by atoms with E-state index in [1.165, 1.54) is 12.1 Å². The summed E-state index contributed by atoms with van der Waals surface area (Å²) in [5, 5.41) is 10.3. The molecule has 0 saturated heterocycles. The molecule has 4 nitrogen and oxygen atoms in total. The molecule has 1 unspecified atom stereocenters. The molecular formula is C14H14ClNO3. The minimum Gasteiger partial charge on any atom is -0.465 e. The number of benzene rings is 1. The largest absolute Gasteiger partial charge is 0.465 e. The molecule has 19 heavy (non-hydrogen) atoms. The fourth-order valence-electron chi connectivity index (χ4n) is 1.81. The third kappa shape index (κ3) is 3.35. The minimum absolute atomic E-state index is 0.0844. The average molecular weight is 280 g/mol. The highest BCUT2D eigenvalue weighted by Gasteiger charge is 2.14. The lowest BCUT2D eigenvalue weighted by Crippen LogP contribution is -1.95. The molecule has 0 aliphatic rings. The van der Waals surface area contributed by atoms with Gasteiger partial charge in [0.2, 0.25) is 0 Å². The molecule has 0 bridgehead atoms. The minimum atomic E-state index is -0.415. The molecule has 0 spiro atoms. The van der Waals surface area contributed by atoms with Gasteiger partial charge >= 0.3 is 0 Å². The fourth-order valence-corrected chi connectivity index (χ4v) is 2.11. The van der Waals surface area contributed by atoms with Crippen LogP contribution < -0.4 is 0 Å². The molecule has 0 radical (unpaired) electrons. The Morgan fingerprint density at radius 2 is 1.95 bits per heavy atom. The second kappa shape index (κ2) is 5.89. The number of alkyl halides is 1. The number of halogens is 1. The molecule has 0 amide bonds. The van der Waals surface area contributed by atoms with Gasteiger partial charge < -0.3 is 4.42 Å². The number of hydrogen-bond acceptors (Lipinski definition) is 3. The highest BCUT2D eigenvalue weighted by molar-refractivity contribution is 6.20. The van der Waals surface area contributed by atoms with E-state index in [1.54, 1.807) is 12.1 Å². The van der Waals surface area contributed by atoms with Gasteiger partial charge in [0.1, 0.15) is 11.5 Å². The Morgan fingerprint density at radius 3 is 2.47 bits per heavy atom. The Balaban J connectivity index is 2.05. The first-order chi connectivity index (χ1) is 9.10. The molecule has 0 N–H and O–H groups in total. The van der Waals surface area contributed by atoms with Gasteiger partial charge in [-0.3, -0.25) is 10.1 Å². The van der Waals surface area contributed by atoms with Crippen molar-refractivity contribution in [1.82, 2.24) is 0 Å². The van der Waals surface area contributed by atoms with Crippen LogP contribution in [0.3, 0.4) is 0 Å². The van der Waals surface area contributed by atoms with Gasteiger partial charge in [-0.2, -0.15) is 0 Å². The van der Waals surface area contributed by atoms with Crippen LogP contribution in [0.15, 0.2) is 40.8 Å². The lowest BCUT2D eigenvalue weighted by atomic mass is 10.1. The summed E-state index contributed by atoms with van der Waals surface area (Å²) in [6.07, 6.45) is 1.41. The normalized spacial score (nSPS) is 12.3. The molecule has 2 rings (SSSR count). The zero-order chi connectivity index (χ0) is 13.8. The van der Waals surface area contributed by atoms with Crippen LogP contribution in [0.1, 0.15) is 29.4 Å². The van der Waals surface area contributed by atoms with E-state index < -0.39 is 4.92 Å². The molecule has 0 fully saturated rings. The van der Waals surface area contributed by atoms with Gasteiger partial charge in [-0.25, -0.2) is 0 Å². The number of non-ortho nitro benzene ring substituents is 1. The summed E-state index contributed by atoms with van der Waals surface area (Å²) in [6.45, 7) is 2.02. The van der Waals surface area contributed by atoms with Gasteiger partial charge in [0.15, 0.2) is 0 Å². The van der Waals surface area contributed by atoms with Crippen molar-refractivity contribution in [3.8, 4) is 0 Å². The zero-order valence-electron chi connectivity index (χ0n) is 10.5. The van der Waals surface area contributed by atoms with Gasteiger partial charge in [-0.1, -0.05) is 19.1 Å². The summed E-state index contributed by atoms with van der Waals surface area (Å²) in [5.41, 5.74) is 1.03. The van der Waals surface area contributed by atoms with Crippen LogP contribution in [0.5, 0.6) is 0 Å². The van der Waals surface area contributed by atoms with Crippen LogP contribution in [0.2, 0.25) is 0 Å². The van der Waals surface area contributed by atoms with Crippen LogP contribution in [0.25, 0.3) is 0 Å². The first kappa shape index (κ1) is 13.6. The Bertz CT molecular complexity index is 562. The first-order valence-electron chi connectivity index (χ1n) is 6.06. The maximum Gasteiger partial charge on any atom is 0.269 e. The Morgan fingerprint density at radius 1 is 1.26 bits per heavy atom. The summed E-state index contributed by atoms with van der Waals surface area (Å²) >= 11 is 6.29. The number of nitro benzene ring substituents is 1. The third-order valence-corrected chi connectivity index (χ3v) is 3.27.